The average Bonchev–Trinajstić information content (AvgIpc) is 2.23. The van der Waals surface area contributed by atoms with Crippen molar-refractivity contribution in [3.05, 3.63) is 39.0 Å². The molecule has 0 unspecified atom stereocenters. The van der Waals surface area contributed by atoms with E-state index < -0.39 is 0 Å². The summed E-state index contributed by atoms with van der Waals surface area (Å²) in [6.07, 6.45) is 0. The van der Waals surface area contributed by atoms with Crippen molar-refractivity contribution in [1.29, 1.82) is 0 Å². The van der Waals surface area contributed by atoms with Gasteiger partial charge in [-0.1, -0.05) is 37.6 Å². The largest absolute Gasteiger partial charge is 0.251 e. The quantitative estimate of drug-likeness (QED) is 0.715. The van der Waals surface area contributed by atoms with E-state index in [9.17, 15) is 0 Å². The first-order valence-corrected chi connectivity index (χ1v) is 6.43. The van der Waals surface area contributed by atoms with Crippen LogP contribution in [0.15, 0.2) is 22.7 Å². The third-order valence-electron chi connectivity index (χ3n) is 2.67. The molecule has 0 atom stereocenters. The number of aromatic nitrogens is 1. The summed E-state index contributed by atoms with van der Waals surface area (Å²) in [6.45, 7) is 6.30. The third kappa shape index (κ3) is 1.96. The van der Waals surface area contributed by atoms with Crippen LogP contribution >= 0.6 is 27.5 Å². The zero-order valence-electron chi connectivity index (χ0n) is 9.51. The Bertz CT molecular complexity index is 549. The fourth-order valence-corrected chi connectivity index (χ4v) is 2.33. The fourth-order valence-electron chi connectivity index (χ4n) is 1.63. The maximum absolute atomic E-state index is 6.27. The van der Waals surface area contributed by atoms with Crippen molar-refractivity contribution in [3.63, 3.8) is 0 Å². The van der Waals surface area contributed by atoms with E-state index in [1.165, 1.54) is 5.56 Å². The molecule has 0 aliphatic carbocycles. The highest BCUT2D eigenvalue weighted by Gasteiger charge is 2.10. The van der Waals surface area contributed by atoms with Crippen molar-refractivity contribution in [3.8, 4) is 0 Å². The van der Waals surface area contributed by atoms with Crippen molar-refractivity contribution >= 4 is 38.4 Å². The van der Waals surface area contributed by atoms with Crippen LogP contribution in [0.5, 0.6) is 0 Å². The molecule has 16 heavy (non-hydrogen) atoms. The van der Waals surface area contributed by atoms with Gasteiger partial charge in [-0.2, -0.15) is 0 Å². The summed E-state index contributed by atoms with van der Waals surface area (Å²) in [5.41, 5.74) is 3.16. The van der Waals surface area contributed by atoms with Gasteiger partial charge in [0.1, 0.15) is 0 Å². The Hall–Kier alpha value is -0.600. The number of hydrogen-bond donors (Lipinski definition) is 0. The van der Waals surface area contributed by atoms with Gasteiger partial charge >= 0.3 is 0 Å². The van der Waals surface area contributed by atoms with Crippen LogP contribution in [0.2, 0.25) is 5.02 Å². The van der Waals surface area contributed by atoms with Gasteiger partial charge in [0.2, 0.25) is 0 Å². The number of halogens is 2. The lowest BCUT2D eigenvalue weighted by molar-refractivity contribution is 0.830. The van der Waals surface area contributed by atoms with E-state index in [0.717, 1.165) is 26.1 Å². The molecule has 0 spiro atoms. The molecule has 0 fully saturated rings. The minimum atomic E-state index is 0.384. The molecular weight excluding hydrogens is 286 g/mol. The average molecular weight is 299 g/mol. The van der Waals surface area contributed by atoms with E-state index in [2.05, 4.69) is 47.8 Å². The molecule has 0 amide bonds. The van der Waals surface area contributed by atoms with Crippen LogP contribution in [-0.2, 0) is 0 Å². The van der Waals surface area contributed by atoms with E-state index in [-0.39, 0.29) is 0 Å². The molecule has 0 saturated heterocycles. The molecule has 2 rings (SSSR count). The number of pyridine rings is 1. The number of rotatable bonds is 1. The Labute approximate surface area is 109 Å². The maximum atomic E-state index is 6.27. The predicted octanol–water partition coefficient (Wildman–Crippen LogP) is 5.08. The first kappa shape index (κ1) is 11.9. The maximum Gasteiger partial charge on any atom is 0.0865 e. The molecule has 3 heteroatoms. The van der Waals surface area contributed by atoms with Crippen LogP contribution in [0.4, 0.5) is 0 Å². The Morgan fingerprint density at radius 1 is 1.31 bits per heavy atom. The molecule has 1 heterocycles. The smallest absolute Gasteiger partial charge is 0.0865 e. The minimum absolute atomic E-state index is 0.384. The van der Waals surface area contributed by atoms with Gasteiger partial charge < -0.3 is 0 Å². The van der Waals surface area contributed by atoms with Crippen molar-refractivity contribution in [2.24, 2.45) is 0 Å². The van der Waals surface area contributed by atoms with Gasteiger partial charge in [0.05, 0.1) is 10.5 Å². The second-order valence-corrected chi connectivity index (χ2v) is 5.48. The van der Waals surface area contributed by atoms with Gasteiger partial charge in [-0.05, 0) is 40.4 Å². The van der Waals surface area contributed by atoms with E-state index in [1.807, 2.05) is 12.1 Å². The highest BCUT2D eigenvalue weighted by Crippen LogP contribution is 2.32. The van der Waals surface area contributed by atoms with Gasteiger partial charge in [-0.25, -0.2) is 0 Å². The van der Waals surface area contributed by atoms with Gasteiger partial charge in [0, 0.05) is 15.6 Å². The van der Waals surface area contributed by atoms with E-state index in [4.69, 9.17) is 11.6 Å². The van der Waals surface area contributed by atoms with Crippen molar-refractivity contribution in [1.82, 2.24) is 4.98 Å². The summed E-state index contributed by atoms with van der Waals surface area (Å²) in [5, 5.41) is 1.78. The van der Waals surface area contributed by atoms with Crippen LogP contribution in [-0.4, -0.2) is 4.98 Å². The van der Waals surface area contributed by atoms with Crippen LogP contribution in [0.1, 0.15) is 31.0 Å². The number of benzene rings is 1. The van der Waals surface area contributed by atoms with Gasteiger partial charge in [0.25, 0.3) is 0 Å². The van der Waals surface area contributed by atoms with Crippen molar-refractivity contribution in [2.45, 2.75) is 26.7 Å². The number of fused-ring (bicyclic) bond motifs is 1. The summed E-state index contributed by atoms with van der Waals surface area (Å²) in [4.78, 5) is 4.66. The van der Waals surface area contributed by atoms with Gasteiger partial charge in [-0.3, -0.25) is 4.98 Å². The molecule has 1 aromatic heterocycles. The molecule has 0 saturated carbocycles. The molecule has 0 aliphatic heterocycles. The summed E-state index contributed by atoms with van der Waals surface area (Å²) in [6, 6.07) is 6.03. The van der Waals surface area contributed by atoms with Crippen LogP contribution in [0.25, 0.3) is 10.9 Å². The van der Waals surface area contributed by atoms with E-state index in [0.29, 0.717) is 5.92 Å². The first-order chi connectivity index (χ1) is 7.50. The normalized spacial score (nSPS) is 11.4. The standard InChI is InChI=1S/C13H13BrClN/c1-7(2)11-6-10(15)9-5-4-8(3)12(14)13(9)16-11/h4-7H,1-3H3. The van der Waals surface area contributed by atoms with Crippen molar-refractivity contribution in [2.75, 3.05) is 0 Å². The molecule has 1 aromatic carbocycles. The number of aryl methyl sites for hydroxylation is 1. The van der Waals surface area contributed by atoms with E-state index >= 15 is 0 Å². The molecule has 0 N–H and O–H groups in total. The van der Waals surface area contributed by atoms with E-state index in [1.54, 1.807) is 0 Å². The second-order valence-electron chi connectivity index (χ2n) is 4.28. The predicted molar refractivity (Wildman–Crippen MR) is 73.3 cm³/mol. The van der Waals surface area contributed by atoms with Crippen molar-refractivity contribution < 1.29 is 0 Å². The Kier molecular flexibility index (Phi) is 3.22. The lowest BCUT2D eigenvalue weighted by Crippen LogP contribution is -1.95. The molecule has 0 radical (unpaired) electrons. The van der Waals surface area contributed by atoms with Gasteiger partial charge in [0.15, 0.2) is 0 Å². The summed E-state index contributed by atoms with van der Waals surface area (Å²) in [5.74, 6) is 0.384. The van der Waals surface area contributed by atoms with Crippen LogP contribution in [0.3, 0.4) is 0 Å². The topological polar surface area (TPSA) is 12.9 Å². The highest BCUT2D eigenvalue weighted by molar-refractivity contribution is 9.10. The van der Waals surface area contributed by atoms with Gasteiger partial charge in [-0.15, -0.1) is 0 Å². The molecule has 0 aliphatic rings. The third-order valence-corrected chi connectivity index (χ3v) is 3.99. The Morgan fingerprint density at radius 2 is 2.00 bits per heavy atom. The molecule has 2 aromatic rings. The van der Waals surface area contributed by atoms with Crippen LogP contribution < -0.4 is 0 Å². The fraction of sp³-hybridized carbons (Fsp3) is 0.308. The van der Waals surface area contributed by atoms with Crippen LogP contribution in [0, 0.1) is 6.92 Å². The molecular formula is C13H13BrClN. The lowest BCUT2D eigenvalue weighted by Gasteiger charge is -2.10. The zero-order valence-corrected chi connectivity index (χ0v) is 11.9. The summed E-state index contributed by atoms with van der Waals surface area (Å²) in [7, 11) is 0. The molecule has 84 valence electrons. The summed E-state index contributed by atoms with van der Waals surface area (Å²) < 4.78 is 1.04. The lowest BCUT2D eigenvalue weighted by atomic mass is 10.1. The highest BCUT2D eigenvalue weighted by atomic mass is 79.9. The second kappa shape index (κ2) is 4.34. The Balaban J connectivity index is 2.83. The summed E-state index contributed by atoms with van der Waals surface area (Å²) >= 11 is 9.85. The first-order valence-electron chi connectivity index (χ1n) is 5.26. The number of hydrogen-bond acceptors (Lipinski definition) is 1. The monoisotopic (exact) mass is 297 g/mol. The molecule has 1 nitrogen and oxygen atoms in total. The zero-order chi connectivity index (χ0) is 11.9. The SMILES string of the molecule is Cc1ccc2c(Cl)cc(C(C)C)nc2c1Br. The Morgan fingerprint density at radius 3 is 2.62 bits per heavy atom. The number of nitrogens with zero attached hydrogens (tertiary/aromatic N) is 1. The molecule has 0 bridgehead atoms. The minimum Gasteiger partial charge on any atom is -0.251 e.